The number of rotatable bonds is 11. The van der Waals surface area contributed by atoms with Crippen LogP contribution in [0.15, 0.2) is 83.8 Å². The van der Waals surface area contributed by atoms with Crippen LogP contribution in [-0.2, 0) is 26.7 Å². The predicted molar refractivity (Wildman–Crippen MR) is 138 cm³/mol. The molecule has 1 amide bonds. The van der Waals surface area contributed by atoms with Gasteiger partial charge < -0.3 is 5.32 Å². The standard InChI is InChI=1S/C25H24ClF3N2O3S2/c26-22-13-12-20(25(27,28)29)16-23(22)31(36(33,34)21-10-5-2-6-11-21)17-24(32)30-14-7-15-35-18-19-8-3-1-4-9-19/h1-6,8-13,16H,7,14-15,17-18H2,(H,30,32). The van der Waals surface area contributed by atoms with Crippen LogP contribution in [0.5, 0.6) is 0 Å². The second-order valence-electron chi connectivity index (χ2n) is 7.73. The van der Waals surface area contributed by atoms with Crippen molar-refractivity contribution in [3.8, 4) is 0 Å². The van der Waals surface area contributed by atoms with Gasteiger partial charge in [0.15, 0.2) is 0 Å². The molecule has 0 aliphatic carbocycles. The van der Waals surface area contributed by atoms with Crippen LogP contribution in [0.1, 0.15) is 17.5 Å². The van der Waals surface area contributed by atoms with Gasteiger partial charge in [-0.05, 0) is 48.1 Å². The van der Waals surface area contributed by atoms with E-state index < -0.39 is 39.9 Å². The number of nitrogens with one attached hydrogen (secondary N) is 1. The molecule has 36 heavy (non-hydrogen) atoms. The molecule has 0 bridgehead atoms. The highest BCUT2D eigenvalue weighted by molar-refractivity contribution is 7.98. The Labute approximate surface area is 217 Å². The van der Waals surface area contributed by atoms with E-state index in [1.54, 1.807) is 17.8 Å². The first-order chi connectivity index (χ1) is 17.1. The minimum atomic E-state index is -4.72. The molecule has 0 aromatic heterocycles. The van der Waals surface area contributed by atoms with Gasteiger partial charge in [0.2, 0.25) is 5.91 Å². The number of alkyl halides is 3. The quantitative estimate of drug-likeness (QED) is 0.294. The molecule has 0 spiro atoms. The van der Waals surface area contributed by atoms with Crippen LogP contribution in [0.2, 0.25) is 5.02 Å². The highest BCUT2D eigenvalue weighted by atomic mass is 35.5. The summed E-state index contributed by atoms with van der Waals surface area (Å²) in [6, 6.07) is 19.4. The largest absolute Gasteiger partial charge is 0.416 e. The summed E-state index contributed by atoms with van der Waals surface area (Å²) in [5.74, 6) is 0.933. The maximum absolute atomic E-state index is 13.3. The van der Waals surface area contributed by atoms with Crippen molar-refractivity contribution in [2.24, 2.45) is 0 Å². The topological polar surface area (TPSA) is 66.5 Å². The molecule has 1 N–H and O–H groups in total. The second kappa shape index (κ2) is 12.5. The van der Waals surface area contributed by atoms with Gasteiger partial charge in [0.25, 0.3) is 10.0 Å². The summed E-state index contributed by atoms with van der Waals surface area (Å²) in [7, 11) is -4.39. The van der Waals surface area contributed by atoms with Crippen molar-refractivity contribution in [2.75, 3.05) is 23.1 Å². The van der Waals surface area contributed by atoms with Gasteiger partial charge in [-0.2, -0.15) is 24.9 Å². The Morgan fingerprint density at radius 3 is 2.25 bits per heavy atom. The molecule has 0 aliphatic rings. The number of amides is 1. The average Bonchev–Trinajstić information content (AvgIpc) is 2.85. The van der Waals surface area contributed by atoms with E-state index in [2.05, 4.69) is 5.32 Å². The van der Waals surface area contributed by atoms with Gasteiger partial charge in [0.05, 0.1) is 21.2 Å². The molecule has 5 nitrogen and oxygen atoms in total. The lowest BCUT2D eigenvalue weighted by Gasteiger charge is -2.25. The lowest BCUT2D eigenvalue weighted by atomic mass is 10.2. The first-order valence-corrected chi connectivity index (χ1v) is 13.9. The van der Waals surface area contributed by atoms with E-state index >= 15 is 0 Å². The number of carbonyl (C=O) groups excluding carboxylic acids is 1. The summed E-state index contributed by atoms with van der Waals surface area (Å²) in [5, 5.41) is 2.42. The lowest BCUT2D eigenvalue weighted by Crippen LogP contribution is -2.41. The number of sulfonamides is 1. The number of benzene rings is 3. The molecular weight excluding hydrogens is 533 g/mol. The van der Waals surface area contributed by atoms with Gasteiger partial charge in [-0.3, -0.25) is 9.10 Å². The highest BCUT2D eigenvalue weighted by Crippen LogP contribution is 2.37. The number of hydrogen-bond acceptors (Lipinski definition) is 4. The fourth-order valence-electron chi connectivity index (χ4n) is 3.25. The molecular formula is C25H24ClF3N2O3S2. The van der Waals surface area contributed by atoms with E-state index in [1.165, 1.54) is 29.8 Å². The number of hydrogen-bond donors (Lipinski definition) is 1. The molecule has 0 aliphatic heterocycles. The Morgan fingerprint density at radius 2 is 1.61 bits per heavy atom. The Bertz CT molecular complexity index is 1260. The first kappa shape index (κ1) is 27.9. The van der Waals surface area contributed by atoms with Crippen molar-refractivity contribution >= 4 is 45.0 Å². The SMILES string of the molecule is O=C(CN(c1cc(C(F)(F)F)ccc1Cl)S(=O)(=O)c1ccccc1)NCCCSCc1ccccc1. The number of carbonyl (C=O) groups is 1. The smallest absolute Gasteiger partial charge is 0.354 e. The summed E-state index contributed by atoms with van der Waals surface area (Å²) in [5.41, 5.74) is -0.318. The Hall–Kier alpha value is -2.69. The number of nitrogens with zero attached hydrogens (tertiary/aromatic N) is 1. The van der Waals surface area contributed by atoms with Crippen molar-refractivity contribution in [1.29, 1.82) is 0 Å². The van der Waals surface area contributed by atoms with E-state index in [4.69, 9.17) is 11.6 Å². The molecule has 0 fully saturated rings. The summed E-state index contributed by atoms with van der Waals surface area (Å²) in [6.45, 7) is -0.439. The monoisotopic (exact) mass is 556 g/mol. The number of anilines is 1. The minimum Gasteiger partial charge on any atom is -0.354 e. The van der Waals surface area contributed by atoms with E-state index in [0.29, 0.717) is 16.8 Å². The number of halogens is 4. The van der Waals surface area contributed by atoms with Gasteiger partial charge >= 0.3 is 6.18 Å². The first-order valence-electron chi connectivity index (χ1n) is 10.9. The molecule has 0 atom stereocenters. The third-order valence-electron chi connectivity index (χ3n) is 5.06. The zero-order valence-electron chi connectivity index (χ0n) is 19.0. The van der Waals surface area contributed by atoms with Crippen molar-refractivity contribution in [3.63, 3.8) is 0 Å². The van der Waals surface area contributed by atoms with E-state index in [1.807, 2.05) is 30.3 Å². The van der Waals surface area contributed by atoms with Crippen molar-refractivity contribution < 1.29 is 26.4 Å². The Morgan fingerprint density at radius 1 is 0.972 bits per heavy atom. The van der Waals surface area contributed by atoms with Gasteiger partial charge in [-0.25, -0.2) is 8.42 Å². The van der Waals surface area contributed by atoms with Crippen LogP contribution < -0.4 is 9.62 Å². The average molecular weight is 557 g/mol. The van der Waals surface area contributed by atoms with Crippen LogP contribution in [0, 0.1) is 0 Å². The third-order valence-corrected chi connectivity index (χ3v) is 8.27. The molecule has 3 rings (SSSR count). The fourth-order valence-corrected chi connectivity index (χ4v) is 5.90. The van der Waals surface area contributed by atoms with Gasteiger partial charge in [0.1, 0.15) is 6.54 Å². The van der Waals surface area contributed by atoms with Gasteiger partial charge in [-0.1, -0.05) is 60.1 Å². The fraction of sp³-hybridized carbons (Fsp3) is 0.240. The predicted octanol–water partition coefficient (Wildman–Crippen LogP) is 5.99. The lowest BCUT2D eigenvalue weighted by molar-refractivity contribution is -0.137. The summed E-state index contributed by atoms with van der Waals surface area (Å²) < 4.78 is 67.3. The van der Waals surface area contributed by atoms with Crippen LogP contribution in [-0.4, -0.2) is 33.2 Å². The molecule has 0 saturated carbocycles. The van der Waals surface area contributed by atoms with Crippen LogP contribution in [0.4, 0.5) is 18.9 Å². The zero-order chi connectivity index (χ0) is 26.2. The van der Waals surface area contributed by atoms with Crippen LogP contribution in [0.25, 0.3) is 0 Å². The molecule has 3 aromatic carbocycles. The maximum atomic E-state index is 13.3. The highest BCUT2D eigenvalue weighted by Gasteiger charge is 2.34. The van der Waals surface area contributed by atoms with E-state index in [-0.39, 0.29) is 16.5 Å². The minimum absolute atomic E-state index is 0.177. The van der Waals surface area contributed by atoms with E-state index in [0.717, 1.165) is 23.6 Å². The van der Waals surface area contributed by atoms with Gasteiger partial charge in [-0.15, -0.1) is 0 Å². The zero-order valence-corrected chi connectivity index (χ0v) is 21.4. The Kier molecular flexibility index (Phi) is 9.69. The van der Waals surface area contributed by atoms with Crippen LogP contribution in [0.3, 0.4) is 0 Å². The maximum Gasteiger partial charge on any atom is 0.416 e. The summed E-state index contributed by atoms with van der Waals surface area (Å²) in [6.07, 6.45) is -4.08. The summed E-state index contributed by atoms with van der Waals surface area (Å²) >= 11 is 7.82. The molecule has 192 valence electrons. The van der Waals surface area contributed by atoms with Gasteiger partial charge in [0, 0.05) is 12.3 Å². The van der Waals surface area contributed by atoms with E-state index in [9.17, 15) is 26.4 Å². The summed E-state index contributed by atoms with van der Waals surface area (Å²) in [4.78, 5) is 12.5. The molecule has 3 aromatic rings. The molecule has 0 heterocycles. The second-order valence-corrected chi connectivity index (χ2v) is 11.1. The normalized spacial score (nSPS) is 11.8. The number of thioether (sulfide) groups is 1. The Balaban J connectivity index is 1.71. The van der Waals surface area contributed by atoms with Crippen molar-refractivity contribution in [1.82, 2.24) is 5.32 Å². The van der Waals surface area contributed by atoms with Crippen molar-refractivity contribution in [3.05, 3.63) is 95.0 Å². The molecule has 0 unspecified atom stereocenters. The third kappa shape index (κ3) is 7.65. The van der Waals surface area contributed by atoms with Crippen molar-refractivity contribution in [2.45, 2.75) is 23.2 Å². The molecule has 0 saturated heterocycles. The van der Waals surface area contributed by atoms with Crippen LogP contribution >= 0.6 is 23.4 Å². The molecule has 0 radical (unpaired) electrons. The molecule has 11 heteroatoms.